The topological polar surface area (TPSA) is 3.24 Å². The van der Waals surface area contributed by atoms with Crippen LogP contribution in [0.4, 0.5) is 17.1 Å². The van der Waals surface area contributed by atoms with Gasteiger partial charge >= 0.3 is 0 Å². The van der Waals surface area contributed by atoms with E-state index in [-0.39, 0.29) is 0 Å². The number of benzene rings is 3. The Balaban J connectivity index is 2.10. The second-order valence-electron chi connectivity index (χ2n) is 6.53. The molecule has 126 valence electrons. The van der Waals surface area contributed by atoms with Gasteiger partial charge < -0.3 is 4.90 Å². The molecule has 0 aromatic heterocycles. The molecule has 0 aliphatic carbocycles. The summed E-state index contributed by atoms with van der Waals surface area (Å²) in [6, 6.07) is 24.0. The van der Waals surface area contributed by atoms with Crippen LogP contribution in [0.2, 0.25) is 0 Å². The molecule has 0 fully saturated rings. The average Bonchev–Trinajstić information content (AvgIpc) is 2.62. The number of nitrogens with zero attached hydrogens (tertiary/aromatic N) is 1. The third-order valence-electron chi connectivity index (χ3n) is 4.55. The number of anilines is 3. The van der Waals surface area contributed by atoms with Gasteiger partial charge in [0.25, 0.3) is 0 Å². The zero-order valence-corrected chi connectivity index (χ0v) is 15.5. The molecule has 0 amide bonds. The second kappa shape index (κ2) is 7.40. The standard InChI is InChI=1S/C24H25N/c1-5-6-21-10-15-23(16-11-21)25(22-12-7-18(2)8-13-22)24-14-9-19(3)20(4)17-24/h5-17H,1-4H3. The van der Waals surface area contributed by atoms with E-state index in [0.717, 1.165) is 0 Å². The van der Waals surface area contributed by atoms with Crippen LogP contribution in [-0.4, -0.2) is 0 Å². The summed E-state index contributed by atoms with van der Waals surface area (Å²) >= 11 is 0. The van der Waals surface area contributed by atoms with Crippen molar-refractivity contribution in [1.82, 2.24) is 0 Å². The van der Waals surface area contributed by atoms with Gasteiger partial charge in [-0.15, -0.1) is 0 Å². The van der Waals surface area contributed by atoms with Crippen molar-refractivity contribution in [2.24, 2.45) is 0 Å². The minimum atomic E-state index is 1.17. The lowest BCUT2D eigenvalue weighted by Gasteiger charge is -2.26. The molecule has 0 heterocycles. The van der Waals surface area contributed by atoms with Crippen molar-refractivity contribution in [3.63, 3.8) is 0 Å². The van der Waals surface area contributed by atoms with Gasteiger partial charge in [0.1, 0.15) is 0 Å². The zero-order valence-electron chi connectivity index (χ0n) is 15.5. The molecule has 3 aromatic rings. The third-order valence-corrected chi connectivity index (χ3v) is 4.55. The van der Waals surface area contributed by atoms with E-state index in [9.17, 15) is 0 Å². The van der Waals surface area contributed by atoms with E-state index in [2.05, 4.69) is 105 Å². The molecule has 1 heteroatoms. The first-order valence-corrected chi connectivity index (χ1v) is 8.75. The molecular weight excluding hydrogens is 302 g/mol. The van der Waals surface area contributed by atoms with Gasteiger partial charge in [-0.2, -0.15) is 0 Å². The lowest BCUT2D eigenvalue weighted by atomic mass is 10.1. The fraction of sp³-hybridized carbons (Fsp3) is 0.167. The van der Waals surface area contributed by atoms with Gasteiger partial charge in [-0.1, -0.05) is 48.0 Å². The second-order valence-corrected chi connectivity index (χ2v) is 6.53. The number of hydrogen-bond donors (Lipinski definition) is 0. The quantitative estimate of drug-likeness (QED) is 0.493. The molecule has 0 atom stereocenters. The Morgan fingerprint density at radius 1 is 0.640 bits per heavy atom. The Hall–Kier alpha value is -2.80. The molecule has 0 saturated heterocycles. The number of rotatable bonds is 4. The van der Waals surface area contributed by atoms with Crippen LogP contribution in [0.3, 0.4) is 0 Å². The maximum Gasteiger partial charge on any atom is 0.0464 e. The van der Waals surface area contributed by atoms with Crippen molar-refractivity contribution in [2.75, 3.05) is 4.90 Å². The smallest absolute Gasteiger partial charge is 0.0464 e. The van der Waals surface area contributed by atoms with Crippen LogP contribution in [0.1, 0.15) is 29.2 Å². The van der Waals surface area contributed by atoms with Gasteiger partial charge in [0.05, 0.1) is 0 Å². The highest BCUT2D eigenvalue weighted by molar-refractivity contribution is 5.77. The van der Waals surface area contributed by atoms with Crippen molar-refractivity contribution < 1.29 is 0 Å². The first-order chi connectivity index (χ1) is 12.1. The monoisotopic (exact) mass is 327 g/mol. The molecule has 1 nitrogen and oxygen atoms in total. The number of aryl methyl sites for hydroxylation is 3. The summed E-state index contributed by atoms with van der Waals surface area (Å²) in [4.78, 5) is 2.31. The molecule has 0 unspecified atom stereocenters. The highest BCUT2D eigenvalue weighted by atomic mass is 15.1. The lowest BCUT2D eigenvalue weighted by molar-refractivity contribution is 1.24. The summed E-state index contributed by atoms with van der Waals surface area (Å²) in [6.07, 6.45) is 4.19. The predicted molar refractivity (Wildman–Crippen MR) is 110 cm³/mol. The molecule has 0 N–H and O–H groups in total. The van der Waals surface area contributed by atoms with Crippen LogP contribution in [0, 0.1) is 20.8 Å². The first-order valence-electron chi connectivity index (χ1n) is 8.75. The third kappa shape index (κ3) is 3.83. The van der Waals surface area contributed by atoms with Gasteiger partial charge in [0, 0.05) is 17.1 Å². The van der Waals surface area contributed by atoms with E-state index >= 15 is 0 Å². The summed E-state index contributed by atoms with van der Waals surface area (Å²) < 4.78 is 0. The van der Waals surface area contributed by atoms with Gasteiger partial charge in [0.15, 0.2) is 0 Å². The number of hydrogen-bond acceptors (Lipinski definition) is 1. The molecule has 3 aromatic carbocycles. The summed E-state index contributed by atoms with van der Waals surface area (Å²) in [6.45, 7) is 8.49. The van der Waals surface area contributed by atoms with E-state index in [0.29, 0.717) is 0 Å². The highest BCUT2D eigenvalue weighted by Crippen LogP contribution is 2.35. The van der Waals surface area contributed by atoms with Gasteiger partial charge in [-0.3, -0.25) is 0 Å². The Bertz CT molecular complexity index is 871. The minimum Gasteiger partial charge on any atom is -0.310 e. The van der Waals surface area contributed by atoms with Crippen molar-refractivity contribution >= 4 is 23.1 Å². The zero-order chi connectivity index (χ0) is 17.8. The van der Waals surface area contributed by atoms with Crippen molar-refractivity contribution in [3.05, 3.63) is 95.1 Å². The van der Waals surface area contributed by atoms with Crippen LogP contribution in [-0.2, 0) is 0 Å². The summed E-state index contributed by atoms with van der Waals surface area (Å²) in [7, 11) is 0. The van der Waals surface area contributed by atoms with E-state index in [4.69, 9.17) is 0 Å². The summed E-state index contributed by atoms with van der Waals surface area (Å²) in [5.41, 5.74) is 8.64. The van der Waals surface area contributed by atoms with Crippen LogP contribution >= 0.6 is 0 Å². The molecule has 0 aliphatic heterocycles. The molecule has 0 saturated carbocycles. The Kier molecular flexibility index (Phi) is 5.04. The Labute approximate surface area is 151 Å². The van der Waals surface area contributed by atoms with Crippen molar-refractivity contribution in [3.8, 4) is 0 Å². The van der Waals surface area contributed by atoms with E-state index in [1.807, 2.05) is 6.92 Å². The van der Waals surface area contributed by atoms with Crippen molar-refractivity contribution in [1.29, 1.82) is 0 Å². The first kappa shape index (κ1) is 17.0. The molecule has 3 rings (SSSR count). The molecule has 0 aliphatic rings. The van der Waals surface area contributed by atoms with E-state index in [1.54, 1.807) is 0 Å². The van der Waals surface area contributed by atoms with Crippen LogP contribution < -0.4 is 4.90 Å². The molecule has 0 bridgehead atoms. The molecular formula is C24H25N. The SMILES string of the molecule is CC=Cc1ccc(N(c2ccc(C)cc2)c2ccc(C)c(C)c2)cc1. The molecule has 25 heavy (non-hydrogen) atoms. The van der Waals surface area contributed by atoms with Gasteiger partial charge in [-0.25, -0.2) is 0 Å². The fourth-order valence-electron chi connectivity index (χ4n) is 2.93. The summed E-state index contributed by atoms with van der Waals surface area (Å²) in [5.74, 6) is 0. The van der Waals surface area contributed by atoms with E-state index in [1.165, 1.54) is 39.3 Å². The van der Waals surface area contributed by atoms with Crippen molar-refractivity contribution in [2.45, 2.75) is 27.7 Å². The normalized spacial score (nSPS) is 11.0. The van der Waals surface area contributed by atoms with Gasteiger partial charge in [-0.05, 0) is 80.8 Å². The predicted octanol–water partition coefficient (Wildman–Crippen LogP) is 7.11. The highest BCUT2D eigenvalue weighted by Gasteiger charge is 2.12. The van der Waals surface area contributed by atoms with Crippen LogP contribution in [0.25, 0.3) is 6.08 Å². The van der Waals surface area contributed by atoms with E-state index < -0.39 is 0 Å². The van der Waals surface area contributed by atoms with Crippen LogP contribution in [0.5, 0.6) is 0 Å². The maximum absolute atomic E-state index is 2.31. The molecule has 0 spiro atoms. The molecule has 0 radical (unpaired) electrons. The largest absolute Gasteiger partial charge is 0.310 e. The maximum atomic E-state index is 2.31. The minimum absolute atomic E-state index is 1.17. The van der Waals surface area contributed by atoms with Gasteiger partial charge in [0.2, 0.25) is 0 Å². The lowest BCUT2D eigenvalue weighted by Crippen LogP contribution is -2.10. The Morgan fingerprint density at radius 3 is 1.76 bits per heavy atom. The van der Waals surface area contributed by atoms with Crippen LogP contribution in [0.15, 0.2) is 72.8 Å². The average molecular weight is 327 g/mol. The number of allylic oxidation sites excluding steroid dienone is 1. The Morgan fingerprint density at radius 2 is 1.20 bits per heavy atom. The fourth-order valence-corrected chi connectivity index (χ4v) is 2.93. The summed E-state index contributed by atoms with van der Waals surface area (Å²) in [5, 5.41) is 0.